The molecule has 182 valence electrons. The highest BCUT2D eigenvalue weighted by Crippen LogP contribution is 2.64. The summed E-state index contributed by atoms with van der Waals surface area (Å²) in [5, 5.41) is 4.45. The van der Waals surface area contributed by atoms with E-state index in [1.165, 1.54) is 12.1 Å². The molecule has 2 aliphatic heterocycles. The van der Waals surface area contributed by atoms with E-state index in [1.54, 1.807) is 24.5 Å². The van der Waals surface area contributed by atoms with Crippen LogP contribution in [0, 0.1) is 12.3 Å². The normalized spacial score (nSPS) is 26.7. The highest BCUT2D eigenvalue weighted by atomic mass is 32.2. The molecule has 2 aromatic rings. The topological polar surface area (TPSA) is 56.7 Å². The van der Waals surface area contributed by atoms with E-state index in [1.807, 2.05) is 25.7 Å². The standard InChI is InChI=1S/C24H29F3N6S/c1-16-13-28-14-20(29-16)21-30-31-22(32(21)2)34-11-3-9-33-10-8-23(15-33)12-19(23)17-4-6-18(7-5-17)24(25,26)27/h4-7,13-14,19,22,31H,3,8-12,15H2,1-2H3/t19-,22?,23+/m1/s1. The number of halogens is 3. The van der Waals surface area contributed by atoms with Gasteiger partial charge < -0.3 is 9.80 Å². The lowest BCUT2D eigenvalue weighted by Gasteiger charge is -2.22. The van der Waals surface area contributed by atoms with E-state index >= 15 is 0 Å². The van der Waals surface area contributed by atoms with Crippen molar-refractivity contribution in [3.63, 3.8) is 0 Å². The van der Waals surface area contributed by atoms with Crippen LogP contribution in [0.1, 0.15) is 47.7 Å². The molecule has 10 heteroatoms. The van der Waals surface area contributed by atoms with Gasteiger partial charge in [-0.05, 0) is 74.1 Å². The third kappa shape index (κ3) is 4.75. The van der Waals surface area contributed by atoms with E-state index in [-0.39, 0.29) is 10.9 Å². The summed E-state index contributed by atoms with van der Waals surface area (Å²) in [6, 6.07) is 5.79. The smallest absolute Gasteiger partial charge is 0.326 e. The number of amidine groups is 1. The van der Waals surface area contributed by atoms with Gasteiger partial charge in [0.15, 0.2) is 11.3 Å². The van der Waals surface area contributed by atoms with Crippen LogP contribution in [0.2, 0.25) is 0 Å². The van der Waals surface area contributed by atoms with Crippen molar-refractivity contribution >= 4 is 17.6 Å². The molecule has 0 bridgehead atoms. The molecule has 1 aliphatic carbocycles. The molecular formula is C24H29F3N6S. The van der Waals surface area contributed by atoms with Crippen LogP contribution in [0.4, 0.5) is 13.2 Å². The van der Waals surface area contributed by atoms with Gasteiger partial charge in [-0.15, -0.1) is 11.8 Å². The first kappa shape index (κ1) is 23.4. The zero-order valence-electron chi connectivity index (χ0n) is 19.3. The predicted molar refractivity (Wildman–Crippen MR) is 127 cm³/mol. The van der Waals surface area contributed by atoms with Crippen LogP contribution in [0.5, 0.6) is 0 Å². The highest BCUT2D eigenvalue weighted by molar-refractivity contribution is 7.99. The minimum absolute atomic E-state index is 0.0784. The Morgan fingerprint density at radius 2 is 2.00 bits per heavy atom. The average molecular weight is 491 g/mol. The molecule has 3 atom stereocenters. The van der Waals surface area contributed by atoms with Crippen LogP contribution >= 0.6 is 11.8 Å². The number of rotatable bonds is 7. The zero-order chi connectivity index (χ0) is 23.9. The lowest BCUT2D eigenvalue weighted by molar-refractivity contribution is -0.137. The molecule has 1 unspecified atom stereocenters. The maximum atomic E-state index is 12.8. The van der Waals surface area contributed by atoms with Crippen molar-refractivity contribution in [2.45, 2.75) is 43.8 Å². The van der Waals surface area contributed by atoms with Gasteiger partial charge in [0.2, 0.25) is 0 Å². The summed E-state index contributed by atoms with van der Waals surface area (Å²) < 4.78 is 38.5. The minimum Gasteiger partial charge on any atom is -0.326 e. The third-order valence-corrected chi connectivity index (χ3v) is 8.40. The summed E-state index contributed by atoms with van der Waals surface area (Å²) in [7, 11) is 2.01. The lowest BCUT2D eigenvalue weighted by atomic mass is 9.97. The summed E-state index contributed by atoms with van der Waals surface area (Å²) in [6.45, 7) is 5.08. The fourth-order valence-corrected chi connectivity index (χ4v) is 6.15. The number of nitrogens with one attached hydrogen (secondary N) is 1. The van der Waals surface area contributed by atoms with E-state index < -0.39 is 11.7 Å². The Bertz CT molecular complexity index is 1060. The number of alkyl halides is 3. The maximum absolute atomic E-state index is 12.8. The molecule has 0 amide bonds. The molecule has 5 rings (SSSR count). The molecule has 1 saturated carbocycles. The van der Waals surface area contributed by atoms with Gasteiger partial charge in [-0.2, -0.15) is 18.3 Å². The number of nitrogens with zero attached hydrogens (tertiary/aromatic N) is 5. The van der Waals surface area contributed by atoms with E-state index in [2.05, 4.69) is 30.3 Å². The second-order valence-electron chi connectivity index (χ2n) is 9.56. The molecule has 34 heavy (non-hydrogen) atoms. The fourth-order valence-electron chi connectivity index (χ4n) is 5.18. The van der Waals surface area contributed by atoms with Gasteiger partial charge in [0.25, 0.3) is 0 Å². The number of aromatic nitrogens is 2. The van der Waals surface area contributed by atoms with E-state index in [9.17, 15) is 13.2 Å². The largest absolute Gasteiger partial charge is 0.416 e. The average Bonchev–Trinajstić information content (AvgIpc) is 3.14. The quantitative estimate of drug-likeness (QED) is 0.585. The molecule has 3 heterocycles. The second kappa shape index (κ2) is 9.03. The molecule has 6 nitrogen and oxygen atoms in total. The Labute approximate surface area is 202 Å². The molecule has 0 radical (unpaired) electrons. The van der Waals surface area contributed by atoms with Gasteiger partial charge >= 0.3 is 6.18 Å². The predicted octanol–water partition coefficient (Wildman–Crippen LogP) is 4.29. The summed E-state index contributed by atoms with van der Waals surface area (Å²) in [6.07, 6.45) is 2.49. The number of hydrogen-bond acceptors (Lipinski definition) is 7. The molecule has 1 spiro atoms. The Kier molecular flexibility index (Phi) is 6.22. The first-order valence-corrected chi connectivity index (χ1v) is 12.7. The number of hydrazone groups is 1. The van der Waals surface area contributed by atoms with Gasteiger partial charge in [0, 0.05) is 19.8 Å². The third-order valence-electron chi connectivity index (χ3n) is 7.14. The number of benzene rings is 1. The van der Waals surface area contributed by atoms with Gasteiger partial charge in [-0.25, -0.2) is 4.98 Å². The summed E-state index contributed by atoms with van der Waals surface area (Å²) in [5.74, 6) is 2.21. The molecule has 1 N–H and O–H groups in total. The van der Waals surface area contributed by atoms with Gasteiger partial charge in [0.1, 0.15) is 5.69 Å². The number of thioether (sulfide) groups is 1. The summed E-state index contributed by atoms with van der Waals surface area (Å²) in [4.78, 5) is 13.3. The van der Waals surface area contributed by atoms with E-state index in [4.69, 9.17) is 0 Å². The van der Waals surface area contributed by atoms with Gasteiger partial charge in [-0.3, -0.25) is 10.4 Å². The monoisotopic (exact) mass is 490 g/mol. The van der Waals surface area contributed by atoms with E-state index in [0.29, 0.717) is 5.92 Å². The van der Waals surface area contributed by atoms with Crippen LogP contribution in [-0.4, -0.2) is 63.5 Å². The number of hydrogen-bond donors (Lipinski definition) is 1. The molecule has 1 aromatic heterocycles. The lowest BCUT2D eigenvalue weighted by Crippen LogP contribution is -2.35. The van der Waals surface area contributed by atoms with Crippen molar-refractivity contribution in [1.82, 2.24) is 25.2 Å². The highest BCUT2D eigenvalue weighted by Gasteiger charge is 2.57. The van der Waals surface area contributed by atoms with Crippen molar-refractivity contribution in [2.24, 2.45) is 10.5 Å². The fraction of sp³-hybridized carbons (Fsp3) is 0.542. The Morgan fingerprint density at radius 3 is 2.74 bits per heavy atom. The van der Waals surface area contributed by atoms with Crippen LogP contribution in [0.3, 0.4) is 0 Å². The van der Waals surface area contributed by atoms with Gasteiger partial charge in [0.05, 0.1) is 17.5 Å². The Morgan fingerprint density at radius 1 is 1.21 bits per heavy atom. The zero-order valence-corrected chi connectivity index (χ0v) is 20.2. The molecular weight excluding hydrogens is 461 g/mol. The van der Waals surface area contributed by atoms with Crippen molar-refractivity contribution < 1.29 is 13.2 Å². The molecule has 1 saturated heterocycles. The Hall–Kier alpha value is -2.33. The van der Waals surface area contributed by atoms with Crippen molar-refractivity contribution in [3.05, 3.63) is 59.2 Å². The van der Waals surface area contributed by atoms with Crippen LogP contribution in [0.15, 0.2) is 41.8 Å². The SMILES string of the molecule is Cc1cncc(C2=NNC(SCCCN3CC[C@]4(C[C@@H]4c4ccc(C(F)(F)F)cc4)C3)N2C)n1. The Balaban J connectivity index is 1.05. The van der Waals surface area contributed by atoms with Crippen molar-refractivity contribution in [3.8, 4) is 0 Å². The van der Waals surface area contributed by atoms with Crippen LogP contribution in [0.25, 0.3) is 0 Å². The first-order valence-electron chi connectivity index (χ1n) is 11.6. The minimum atomic E-state index is -4.27. The maximum Gasteiger partial charge on any atom is 0.416 e. The molecule has 3 aliphatic rings. The van der Waals surface area contributed by atoms with Gasteiger partial charge in [-0.1, -0.05) is 12.1 Å². The van der Waals surface area contributed by atoms with E-state index in [0.717, 1.165) is 67.4 Å². The first-order chi connectivity index (χ1) is 16.2. The number of aryl methyl sites for hydroxylation is 1. The van der Waals surface area contributed by atoms with Crippen molar-refractivity contribution in [1.29, 1.82) is 0 Å². The summed E-state index contributed by atoms with van der Waals surface area (Å²) >= 11 is 1.83. The van der Waals surface area contributed by atoms with Crippen molar-refractivity contribution in [2.75, 3.05) is 32.4 Å². The van der Waals surface area contributed by atoms with Crippen LogP contribution < -0.4 is 5.43 Å². The van der Waals surface area contributed by atoms with Crippen LogP contribution in [-0.2, 0) is 6.18 Å². The summed E-state index contributed by atoms with van der Waals surface area (Å²) in [5.41, 5.74) is 5.65. The molecule has 2 fully saturated rings. The number of likely N-dealkylation sites (tertiary alicyclic amines) is 1. The molecule has 1 aromatic carbocycles. The second-order valence-corrected chi connectivity index (χ2v) is 10.8.